The highest BCUT2D eigenvalue weighted by Gasteiger charge is 2.55. The van der Waals surface area contributed by atoms with E-state index < -0.39 is 10.8 Å². The highest BCUT2D eigenvalue weighted by atomic mass is 15.2. The Kier molecular flexibility index (Phi) is 16.3. The zero-order valence-electron chi connectivity index (χ0n) is 71.1. The summed E-state index contributed by atoms with van der Waals surface area (Å²) in [5.41, 5.74) is 33.8. The molecule has 0 saturated heterocycles. The van der Waals surface area contributed by atoms with E-state index in [0.29, 0.717) is 0 Å². The third kappa shape index (κ3) is 10.6. The van der Waals surface area contributed by atoms with Gasteiger partial charge in [0.1, 0.15) is 0 Å². The Morgan fingerprint density at radius 3 is 0.700 bits per heavy atom. The predicted octanol–water partition coefficient (Wildman–Crippen LogP) is 34.4. The molecule has 602 valence electrons. The molecule has 2 heteroatoms. The number of anilines is 6. The molecule has 0 N–H and O–H groups in total. The van der Waals surface area contributed by atoms with E-state index in [-0.39, 0.29) is 0 Å². The Morgan fingerprint density at radius 2 is 0.362 bits per heavy atom. The molecule has 24 aromatic carbocycles. The minimum absolute atomic E-state index is 0.503. The van der Waals surface area contributed by atoms with E-state index in [2.05, 4.69) is 495 Å². The van der Waals surface area contributed by atoms with E-state index >= 15 is 0 Å². The molecule has 4 aliphatic carbocycles. The summed E-state index contributed by atoms with van der Waals surface area (Å²) in [6.07, 6.45) is 0. The van der Waals surface area contributed by atoms with Gasteiger partial charge in [-0.05, 0) is 275 Å². The van der Waals surface area contributed by atoms with Gasteiger partial charge in [0.2, 0.25) is 0 Å². The first kappa shape index (κ1) is 73.6. The van der Waals surface area contributed by atoms with Gasteiger partial charge < -0.3 is 9.80 Å². The number of nitrogens with zero attached hydrogens (tertiary/aromatic N) is 2. The van der Waals surface area contributed by atoms with Crippen LogP contribution in [0.3, 0.4) is 0 Å². The zero-order chi connectivity index (χ0) is 85.3. The van der Waals surface area contributed by atoms with Crippen LogP contribution in [0.15, 0.2) is 485 Å². The third-order valence-corrected chi connectivity index (χ3v) is 29.0. The lowest BCUT2D eigenvalue weighted by Gasteiger charge is -2.36. The summed E-state index contributed by atoms with van der Waals surface area (Å²) in [6.45, 7) is 0. The Morgan fingerprint density at radius 1 is 0.131 bits per heavy atom. The minimum atomic E-state index is -0.570. The van der Waals surface area contributed by atoms with E-state index in [1.807, 2.05) is 0 Å². The number of hydrogen-bond donors (Lipinski definition) is 0. The lowest BCUT2D eigenvalue weighted by molar-refractivity contribution is 0.793. The fraction of sp³-hybridized carbons (Fsp3) is 0.0156. The molecule has 24 aromatic rings. The van der Waals surface area contributed by atoms with E-state index in [0.717, 1.165) is 28.4 Å². The minimum Gasteiger partial charge on any atom is -0.310 e. The van der Waals surface area contributed by atoms with Crippen LogP contribution in [0, 0.1) is 0 Å². The second kappa shape index (κ2) is 28.9. The Bertz CT molecular complexity index is 8600. The SMILES string of the molecule is c1ccc2c(c1)-c1ccccc1C21c2ccccc2-c2cccc(N(c3cc(-c4cccc5ccccc45)cc(-c4cccc5ccccc45)c3)c3ccc4c5ccccc5c5ccccc5c4c3)c21.c1ccc2c(c1)-c1ccccc1C21c2ccccc2-c2cccc(N(c3ccc(-c4cccc5ccccc45)cc3)c3ccc4c5ccccc5c5ccccc5c4c3)c21. The van der Waals surface area contributed by atoms with Crippen LogP contribution in [-0.4, -0.2) is 0 Å². The molecule has 0 atom stereocenters. The van der Waals surface area contributed by atoms with Gasteiger partial charge in [-0.15, -0.1) is 0 Å². The van der Waals surface area contributed by atoms with Gasteiger partial charge in [-0.2, -0.15) is 0 Å². The van der Waals surface area contributed by atoms with Crippen LogP contribution in [0.2, 0.25) is 0 Å². The summed E-state index contributed by atoms with van der Waals surface area (Å²) in [6, 6.07) is 182. The van der Waals surface area contributed by atoms with Crippen molar-refractivity contribution < 1.29 is 0 Å². The summed E-state index contributed by atoms with van der Waals surface area (Å²) < 4.78 is 0. The summed E-state index contributed by atoms with van der Waals surface area (Å²) in [5, 5.41) is 22.6. The van der Waals surface area contributed by atoms with Crippen LogP contribution < -0.4 is 9.80 Å². The van der Waals surface area contributed by atoms with Crippen molar-refractivity contribution in [3.8, 4) is 77.9 Å². The smallest absolute Gasteiger partial charge is 0.0746 e. The second-order valence-corrected chi connectivity index (χ2v) is 35.4. The fourth-order valence-electron chi connectivity index (χ4n) is 23.8. The Hall–Kier alpha value is -16.8. The first-order valence-electron chi connectivity index (χ1n) is 45.3. The largest absolute Gasteiger partial charge is 0.310 e. The fourth-order valence-corrected chi connectivity index (χ4v) is 23.8. The molecule has 0 unspecified atom stereocenters. The van der Waals surface area contributed by atoms with Gasteiger partial charge >= 0.3 is 0 Å². The van der Waals surface area contributed by atoms with Gasteiger partial charge in [-0.25, -0.2) is 0 Å². The Labute approximate surface area is 754 Å². The average Bonchev–Trinajstić information content (AvgIpc) is 1.50. The number of fused-ring (bicyclic) bond motifs is 35. The van der Waals surface area contributed by atoms with E-state index in [9.17, 15) is 0 Å². The molecule has 28 rings (SSSR count). The molecule has 2 spiro atoms. The van der Waals surface area contributed by atoms with Crippen molar-refractivity contribution in [2.45, 2.75) is 10.8 Å². The van der Waals surface area contributed by atoms with Crippen LogP contribution in [0.25, 0.3) is 175 Å². The topological polar surface area (TPSA) is 6.48 Å². The monoisotopic (exact) mass is 1640 g/mol. The second-order valence-electron chi connectivity index (χ2n) is 35.4. The van der Waals surface area contributed by atoms with Crippen molar-refractivity contribution in [3.63, 3.8) is 0 Å². The number of benzene rings is 24. The maximum atomic E-state index is 2.60. The average molecular weight is 1650 g/mol. The first-order valence-corrected chi connectivity index (χ1v) is 45.3. The molecule has 2 nitrogen and oxygen atoms in total. The quantitative estimate of drug-likeness (QED) is 0.133. The lowest BCUT2D eigenvalue weighted by Crippen LogP contribution is -2.28. The van der Waals surface area contributed by atoms with Crippen LogP contribution in [0.1, 0.15) is 44.5 Å². The predicted molar refractivity (Wildman–Crippen MR) is 549 cm³/mol. The summed E-state index contributed by atoms with van der Waals surface area (Å²) in [7, 11) is 0. The lowest BCUT2D eigenvalue weighted by atomic mass is 9.70. The van der Waals surface area contributed by atoms with E-state index in [1.165, 1.54) is 225 Å². The maximum absolute atomic E-state index is 2.60. The maximum Gasteiger partial charge on any atom is 0.0746 e. The number of rotatable bonds is 9. The van der Waals surface area contributed by atoms with Gasteiger partial charge in [0.15, 0.2) is 0 Å². The summed E-state index contributed by atoms with van der Waals surface area (Å²) >= 11 is 0. The van der Waals surface area contributed by atoms with Gasteiger partial charge in [0.05, 0.1) is 22.2 Å². The standard InChI is InChI=1S/C69H43N.C59H37N/c1-3-22-50-44(18-1)20-15-31-52(50)46-40-47(53-32-16-21-45-19-2-4-23-51(45)53)42-49(41-46)70(48-38-39-58-56-26-6-5-24-54(56)55-25-7-8-27-57(55)63(58)43-48)67-37-17-33-62-61-30-11-14-36-66(61)69(68(62)67)64-34-12-9-28-59(64)60-29-10-13-35-65(60)69;1-2-17-42-38(15-1)16-13-25-43(42)39-31-33-40(34-32-39)60(41-35-36-48-46-20-4-3-18-44(46)45-19-5-6-21-47(45)53(48)37-41)57-30-14-26-52-51-24-9-12-29-56(51)59(58(52)57)54-27-10-7-22-49(54)50-23-8-11-28-55(50)59/h1-43H;1-37H. The summed E-state index contributed by atoms with van der Waals surface area (Å²) in [4.78, 5) is 5.13. The van der Waals surface area contributed by atoms with Crippen molar-refractivity contribution in [2.75, 3.05) is 9.80 Å². The first-order chi connectivity index (χ1) is 64.5. The molecule has 0 bridgehead atoms. The van der Waals surface area contributed by atoms with Crippen molar-refractivity contribution in [1.82, 2.24) is 0 Å². The third-order valence-electron chi connectivity index (χ3n) is 29.0. The van der Waals surface area contributed by atoms with E-state index in [4.69, 9.17) is 0 Å². The van der Waals surface area contributed by atoms with Gasteiger partial charge in [0, 0.05) is 33.9 Å². The highest BCUT2D eigenvalue weighted by molar-refractivity contribution is 6.28. The molecule has 0 fully saturated rings. The molecular formula is C128H80N2. The molecule has 130 heavy (non-hydrogen) atoms. The van der Waals surface area contributed by atoms with Crippen molar-refractivity contribution in [3.05, 3.63) is 530 Å². The van der Waals surface area contributed by atoms with Crippen LogP contribution in [0.5, 0.6) is 0 Å². The van der Waals surface area contributed by atoms with E-state index in [1.54, 1.807) is 0 Å². The van der Waals surface area contributed by atoms with Gasteiger partial charge in [-0.3, -0.25) is 0 Å². The molecule has 0 amide bonds. The molecule has 0 aliphatic heterocycles. The molecule has 0 heterocycles. The molecule has 4 aliphatic rings. The molecule has 0 saturated carbocycles. The van der Waals surface area contributed by atoms with Crippen molar-refractivity contribution in [2.24, 2.45) is 0 Å². The number of hydrogen-bond acceptors (Lipinski definition) is 2. The van der Waals surface area contributed by atoms with Crippen molar-refractivity contribution in [1.29, 1.82) is 0 Å². The highest BCUT2D eigenvalue weighted by Crippen LogP contribution is 2.68. The van der Waals surface area contributed by atoms with Crippen LogP contribution in [-0.2, 0) is 10.8 Å². The Balaban J connectivity index is 0.000000135. The molecular weight excluding hydrogens is 1570 g/mol. The molecule has 0 radical (unpaired) electrons. The van der Waals surface area contributed by atoms with Gasteiger partial charge in [-0.1, -0.05) is 419 Å². The summed E-state index contributed by atoms with van der Waals surface area (Å²) in [5.74, 6) is 0. The van der Waals surface area contributed by atoms with Crippen LogP contribution in [0.4, 0.5) is 34.1 Å². The molecule has 0 aromatic heterocycles. The zero-order valence-corrected chi connectivity index (χ0v) is 71.1. The van der Waals surface area contributed by atoms with Crippen LogP contribution >= 0.6 is 0 Å². The van der Waals surface area contributed by atoms with Crippen molar-refractivity contribution >= 4 is 131 Å². The van der Waals surface area contributed by atoms with Gasteiger partial charge in [0.25, 0.3) is 0 Å². The normalized spacial score (nSPS) is 13.0.